The van der Waals surface area contributed by atoms with Crippen molar-refractivity contribution in [3.8, 4) is 5.75 Å². The van der Waals surface area contributed by atoms with Crippen LogP contribution in [0.15, 0.2) is 18.2 Å². The molecule has 1 heterocycles. The molecule has 1 fully saturated rings. The number of benzene rings is 1. The van der Waals surface area contributed by atoms with Gasteiger partial charge in [-0.1, -0.05) is 19.1 Å². The Labute approximate surface area is 114 Å². The maximum Gasteiger partial charge on any atom is 0.301 e. The maximum atomic E-state index is 12.3. The van der Waals surface area contributed by atoms with Crippen LogP contribution in [-0.4, -0.2) is 30.9 Å². The highest BCUT2D eigenvalue weighted by Gasteiger charge is 2.27. The molecule has 19 heavy (non-hydrogen) atoms. The van der Waals surface area contributed by atoms with E-state index in [2.05, 4.69) is 4.72 Å². The quantitative estimate of drug-likeness (QED) is 0.835. The SMILES string of the molecule is Cc1cccc(O)c1NS(=O)(=O)N1CCCC(C)C1. The standard InChI is InChI=1S/C13H20N2O3S/c1-10-5-4-8-15(9-10)19(17,18)14-13-11(2)6-3-7-12(13)16/h3,6-7,10,14,16H,4-5,8-9H2,1-2H3. The van der Waals surface area contributed by atoms with Crippen LogP contribution in [0.25, 0.3) is 0 Å². The van der Waals surface area contributed by atoms with E-state index in [-0.39, 0.29) is 11.4 Å². The van der Waals surface area contributed by atoms with E-state index in [9.17, 15) is 13.5 Å². The number of para-hydroxylation sites is 1. The first-order chi connectivity index (χ1) is 8.90. The van der Waals surface area contributed by atoms with Crippen molar-refractivity contribution in [3.63, 3.8) is 0 Å². The number of phenolic OH excluding ortho intramolecular Hbond substituents is 1. The minimum atomic E-state index is -3.59. The molecule has 0 spiro atoms. The van der Waals surface area contributed by atoms with Crippen molar-refractivity contribution in [3.05, 3.63) is 23.8 Å². The second-order valence-electron chi connectivity index (χ2n) is 5.18. The van der Waals surface area contributed by atoms with Gasteiger partial charge in [0.2, 0.25) is 0 Å². The summed E-state index contributed by atoms with van der Waals surface area (Å²) in [5.41, 5.74) is 0.967. The van der Waals surface area contributed by atoms with Gasteiger partial charge in [-0.2, -0.15) is 12.7 Å². The summed E-state index contributed by atoms with van der Waals surface area (Å²) in [6.45, 7) is 4.87. The first-order valence-electron chi connectivity index (χ1n) is 6.46. The fraction of sp³-hybridized carbons (Fsp3) is 0.538. The molecule has 1 aliphatic rings. The summed E-state index contributed by atoms with van der Waals surface area (Å²) in [6, 6.07) is 4.92. The third-order valence-corrected chi connectivity index (χ3v) is 4.92. The molecule has 0 radical (unpaired) electrons. The van der Waals surface area contributed by atoms with Crippen LogP contribution in [0.1, 0.15) is 25.3 Å². The predicted molar refractivity (Wildman–Crippen MR) is 75.4 cm³/mol. The lowest BCUT2D eigenvalue weighted by molar-refractivity contribution is 0.282. The predicted octanol–water partition coefficient (Wildman–Crippen LogP) is 2.09. The Balaban J connectivity index is 2.21. The molecular weight excluding hydrogens is 264 g/mol. The Morgan fingerprint density at radius 3 is 2.79 bits per heavy atom. The third-order valence-electron chi connectivity index (χ3n) is 3.44. The van der Waals surface area contributed by atoms with E-state index in [1.54, 1.807) is 19.1 Å². The molecule has 0 saturated carbocycles. The number of anilines is 1. The van der Waals surface area contributed by atoms with E-state index in [1.165, 1.54) is 10.4 Å². The third kappa shape index (κ3) is 3.19. The molecule has 6 heteroatoms. The molecule has 1 saturated heterocycles. The van der Waals surface area contributed by atoms with Gasteiger partial charge < -0.3 is 5.11 Å². The van der Waals surface area contributed by atoms with Gasteiger partial charge in [0.25, 0.3) is 0 Å². The minimum Gasteiger partial charge on any atom is -0.506 e. The number of nitrogens with one attached hydrogen (secondary N) is 1. The van der Waals surface area contributed by atoms with E-state index in [0.717, 1.165) is 12.8 Å². The normalized spacial score (nSPS) is 21.3. The van der Waals surface area contributed by atoms with Gasteiger partial charge in [-0.15, -0.1) is 0 Å². The minimum absolute atomic E-state index is 0.0476. The molecule has 0 amide bonds. The molecule has 2 N–H and O–H groups in total. The van der Waals surface area contributed by atoms with E-state index in [4.69, 9.17) is 0 Å². The Bertz CT molecular complexity index is 537. The number of aromatic hydroxyl groups is 1. The largest absolute Gasteiger partial charge is 0.506 e. The van der Waals surface area contributed by atoms with Crippen LogP contribution in [0.5, 0.6) is 5.75 Å². The van der Waals surface area contributed by atoms with Crippen molar-refractivity contribution in [2.24, 2.45) is 5.92 Å². The lowest BCUT2D eigenvalue weighted by Crippen LogP contribution is -2.42. The van der Waals surface area contributed by atoms with Crippen molar-refractivity contribution in [1.29, 1.82) is 0 Å². The van der Waals surface area contributed by atoms with Gasteiger partial charge in [0.05, 0.1) is 5.69 Å². The highest BCUT2D eigenvalue weighted by Crippen LogP contribution is 2.29. The molecule has 1 unspecified atom stereocenters. The zero-order valence-electron chi connectivity index (χ0n) is 11.3. The summed E-state index contributed by atoms with van der Waals surface area (Å²) < 4.78 is 28.6. The monoisotopic (exact) mass is 284 g/mol. The highest BCUT2D eigenvalue weighted by molar-refractivity contribution is 7.90. The summed E-state index contributed by atoms with van der Waals surface area (Å²) in [4.78, 5) is 0. The van der Waals surface area contributed by atoms with Crippen LogP contribution in [0.3, 0.4) is 0 Å². The van der Waals surface area contributed by atoms with Crippen molar-refractivity contribution >= 4 is 15.9 Å². The van der Waals surface area contributed by atoms with Crippen molar-refractivity contribution in [2.75, 3.05) is 17.8 Å². The number of hydrogen-bond donors (Lipinski definition) is 2. The van der Waals surface area contributed by atoms with Gasteiger partial charge in [0.1, 0.15) is 5.75 Å². The van der Waals surface area contributed by atoms with Crippen LogP contribution in [0.4, 0.5) is 5.69 Å². The Morgan fingerprint density at radius 2 is 2.16 bits per heavy atom. The van der Waals surface area contributed by atoms with E-state index >= 15 is 0 Å². The summed E-state index contributed by atoms with van der Waals surface area (Å²) in [5.74, 6) is 0.324. The van der Waals surface area contributed by atoms with E-state index in [1.807, 2.05) is 6.92 Å². The van der Waals surface area contributed by atoms with Crippen LogP contribution in [0.2, 0.25) is 0 Å². The molecule has 1 aromatic carbocycles. The molecule has 0 aromatic heterocycles. The average Bonchev–Trinajstić information content (AvgIpc) is 2.34. The van der Waals surface area contributed by atoms with Crippen molar-refractivity contribution in [1.82, 2.24) is 4.31 Å². The lowest BCUT2D eigenvalue weighted by Gasteiger charge is -2.30. The number of rotatable bonds is 3. The molecule has 106 valence electrons. The number of nitrogens with zero attached hydrogens (tertiary/aromatic N) is 1. The topological polar surface area (TPSA) is 69.6 Å². The lowest BCUT2D eigenvalue weighted by atomic mass is 10.0. The summed E-state index contributed by atoms with van der Waals surface area (Å²) in [5, 5.41) is 9.76. The van der Waals surface area contributed by atoms with Gasteiger partial charge in [-0.05, 0) is 37.3 Å². The van der Waals surface area contributed by atoms with Crippen LogP contribution in [-0.2, 0) is 10.2 Å². The van der Waals surface area contributed by atoms with Gasteiger partial charge in [-0.25, -0.2) is 0 Å². The van der Waals surface area contributed by atoms with Crippen LogP contribution in [0, 0.1) is 12.8 Å². The molecular formula is C13H20N2O3S. The fourth-order valence-electron chi connectivity index (χ4n) is 2.34. The van der Waals surface area contributed by atoms with Gasteiger partial charge in [0.15, 0.2) is 0 Å². The second-order valence-corrected chi connectivity index (χ2v) is 6.85. The number of aryl methyl sites for hydroxylation is 1. The first kappa shape index (κ1) is 14.1. The summed E-state index contributed by atoms with van der Waals surface area (Å²) >= 11 is 0. The van der Waals surface area contributed by atoms with Gasteiger partial charge >= 0.3 is 10.2 Å². The van der Waals surface area contributed by atoms with Crippen molar-refractivity contribution in [2.45, 2.75) is 26.7 Å². The summed E-state index contributed by atoms with van der Waals surface area (Å²) in [7, 11) is -3.59. The molecule has 0 bridgehead atoms. The molecule has 1 aliphatic heterocycles. The highest BCUT2D eigenvalue weighted by atomic mass is 32.2. The number of phenols is 1. The smallest absolute Gasteiger partial charge is 0.301 e. The molecule has 0 aliphatic carbocycles. The fourth-order valence-corrected chi connectivity index (χ4v) is 3.82. The Morgan fingerprint density at radius 1 is 1.42 bits per heavy atom. The molecule has 1 atom stereocenters. The van der Waals surface area contributed by atoms with Crippen LogP contribution >= 0.6 is 0 Å². The van der Waals surface area contributed by atoms with Crippen molar-refractivity contribution < 1.29 is 13.5 Å². The molecule has 1 aromatic rings. The maximum absolute atomic E-state index is 12.3. The Hall–Kier alpha value is -1.27. The number of piperidine rings is 1. The number of hydrogen-bond acceptors (Lipinski definition) is 3. The zero-order chi connectivity index (χ0) is 14.0. The average molecular weight is 284 g/mol. The van der Waals surface area contributed by atoms with E-state index < -0.39 is 10.2 Å². The molecule has 2 rings (SSSR count). The summed E-state index contributed by atoms with van der Waals surface area (Å²) in [6.07, 6.45) is 1.93. The van der Waals surface area contributed by atoms with E-state index in [0.29, 0.717) is 24.6 Å². The second kappa shape index (κ2) is 5.38. The Kier molecular flexibility index (Phi) is 4.01. The van der Waals surface area contributed by atoms with Gasteiger partial charge in [-0.3, -0.25) is 4.72 Å². The van der Waals surface area contributed by atoms with Gasteiger partial charge in [0, 0.05) is 13.1 Å². The molecule has 5 nitrogen and oxygen atoms in total. The van der Waals surface area contributed by atoms with Crippen LogP contribution < -0.4 is 4.72 Å². The first-order valence-corrected chi connectivity index (χ1v) is 7.90. The zero-order valence-corrected chi connectivity index (χ0v) is 12.1.